The quantitative estimate of drug-likeness (QED) is 0.755. The van der Waals surface area contributed by atoms with E-state index in [9.17, 15) is 9.59 Å². The zero-order chi connectivity index (χ0) is 16.5. The highest BCUT2D eigenvalue weighted by atomic mass is 35.5. The van der Waals surface area contributed by atoms with Crippen molar-refractivity contribution in [1.82, 2.24) is 10.3 Å². The highest BCUT2D eigenvalue weighted by molar-refractivity contribution is 5.91. The smallest absolute Gasteiger partial charge is 0.303 e. The summed E-state index contributed by atoms with van der Waals surface area (Å²) < 4.78 is 0. The predicted octanol–water partition coefficient (Wildman–Crippen LogP) is 2.85. The molecule has 0 atom stereocenters. The molecule has 5 nitrogen and oxygen atoms in total. The number of nitrogens with zero attached hydrogens (tertiary/aromatic N) is 1. The Morgan fingerprint density at radius 2 is 1.88 bits per heavy atom. The van der Waals surface area contributed by atoms with Crippen molar-refractivity contribution in [2.75, 3.05) is 0 Å². The van der Waals surface area contributed by atoms with Gasteiger partial charge in [0.25, 0.3) is 0 Å². The minimum Gasteiger partial charge on any atom is -0.481 e. The fourth-order valence-electron chi connectivity index (χ4n) is 1.97. The van der Waals surface area contributed by atoms with Crippen molar-refractivity contribution in [3.05, 3.63) is 71.6 Å². The summed E-state index contributed by atoms with van der Waals surface area (Å²) in [7, 11) is 0. The molecular formula is C18H19ClN2O3. The van der Waals surface area contributed by atoms with E-state index in [1.165, 1.54) is 6.08 Å². The molecule has 1 amide bonds. The number of hydrogen-bond donors (Lipinski definition) is 2. The van der Waals surface area contributed by atoms with Crippen molar-refractivity contribution < 1.29 is 14.7 Å². The molecule has 2 aromatic rings. The third-order valence-corrected chi connectivity index (χ3v) is 3.22. The number of carboxylic acids is 1. The molecule has 1 heterocycles. The van der Waals surface area contributed by atoms with Gasteiger partial charge in [-0.15, -0.1) is 12.4 Å². The van der Waals surface area contributed by atoms with Crippen molar-refractivity contribution in [2.45, 2.75) is 19.4 Å². The van der Waals surface area contributed by atoms with Gasteiger partial charge in [0.1, 0.15) is 0 Å². The lowest BCUT2D eigenvalue weighted by atomic mass is 10.1. The lowest BCUT2D eigenvalue weighted by Crippen LogP contribution is -2.20. The lowest BCUT2D eigenvalue weighted by Gasteiger charge is -2.02. The summed E-state index contributed by atoms with van der Waals surface area (Å²) in [5.41, 5.74) is 2.79. The van der Waals surface area contributed by atoms with Gasteiger partial charge in [-0.05, 0) is 35.3 Å². The fourth-order valence-corrected chi connectivity index (χ4v) is 1.97. The second-order valence-corrected chi connectivity index (χ2v) is 5.05. The summed E-state index contributed by atoms with van der Waals surface area (Å²) in [6.07, 6.45) is 7.21. The van der Waals surface area contributed by atoms with Gasteiger partial charge in [-0.1, -0.05) is 30.3 Å². The Balaban J connectivity index is 0.00000288. The lowest BCUT2D eigenvalue weighted by molar-refractivity contribution is -0.137. The van der Waals surface area contributed by atoms with Crippen LogP contribution in [-0.4, -0.2) is 22.0 Å². The number of aryl methyl sites for hydroxylation is 1. The van der Waals surface area contributed by atoms with Crippen LogP contribution in [0.1, 0.15) is 23.1 Å². The molecule has 24 heavy (non-hydrogen) atoms. The summed E-state index contributed by atoms with van der Waals surface area (Å²) in [4.78, 5) is 26.3. The maximum absolute atomic E-state index is 11.8. The molecule has 126 valence electrons. The first kappa shape index (κ1) is 19.4. The Hall–Kier alpha value is -2.66. The number of halogens is 1. The molecule has 1 aromatic heterocycles. The van der Waals surface area contributed by atoms with Gasteiger partial charge in [-0.2, -0.15) is 0 Å². The molecule has 0 radical (unpaired) electrons. The van der Waals surface area contributed by atoms with Crippen molar-refractivity contribution in [1.29, 1.82) is 0 Å². The first-order valence-corrected chi connectivity index (χ1v) is 7.29. The van der Waals surface area contributed by atoms with E-state index >= 15 is 0 Å². The number of aromatic nitrogens is 1. The molecule has 0 aliphatic rings. The van der Waals surface area contributed by atoms with Crippen molar-refractivity contribution in [2.24, 2.45) is 0 Å². The van der Waals surface area contributed by atoms with E-state index in [4.69, 9.17) is 5.11 Å². The standard InChI is InChI=1S/C18H18N2O3.ClH/c21-17(20-13-16-2-1-11-19-12-16)9-7-14-3-5-15(6-4-14)8-10-18(22)23;/h1-7,9,11-12H,8,10,13H2,(H,20,21)(H,22,23);1H/b9-7+;. The number of carbonyl (C=O) groups excluding carboxylic acids is 1. The Labute approximate surface area is 146 Å². The molecule has 0 unspecified atom stereocenters. The van der Waals surface area contributed by atoms with Gasteiger partial charge in [0.2, 0.25) is 5.91 Å². The van der Waals surface area contributed by atoms with E-state index < -0.39 is 5.97 Å². The van der Waals surface area contributed by atoms with Crippen LogP contribution >= 0.6 is 12.4 Å². The van der Waals surface area contributed by atoms with Crippen LogP contribution < -0.4 is 5.32 Å². The maximum atomic E-state index is 11.8. The number of pyridine rings is 1. The molecule has 0 spiro atoms. The molecule has 0 aliphatic heterocycles. The van der Waals surface area contributed by atoms with Crippen LogP contribution in [0.3, 0.4) is 0 Å². The number of benzene rings is 1. The molecule has 2 rings (SSSR count). The van der Waals surface area contributed by atoms with Gasteiger partial charge in [-0.3, -0.25) is 14.6 Å². The number of nitrogens with one attached hydrogen (secondary N) is 1. The van der Waals surface area contributed by atoms with Crippen LogP contribution in [0.25, 0.3) is 6.08 Å². The van der Waals surface area contributed by atoms with E-state index in [-0.39, 0.29) is 24.7 Å². The second kappa shape index (κ2) is 10.2. The minimum atomic E-state index is -0.806. The summed E-state index contributed by atoms with van der Waals surface area (Å²) in [6.45, 7) is 0.436. The van der Waals surface area contributed by atoms with Crippen molar-refractivity contribution in [3.63, 3.8) is 0 Å². The van der Waals surface area contributed by atoms with E-state index in [0.29, 0.717) is 13.0 Å². The Kier molecular flexibility index (Phi) is 8.22. The first-order chi connectivity index (χ1) is 11.1. The normalized spacial score (nSPS) is 10.2. The molecule has 2 N–H and O–H groups in total. The summed E-state index contributed by atoms with van der Waals surface area (Å²) in [5.74, 6) is -0.983. The zero-order valence-corrected chi connectivity index (χ0v) is 13.8. The number of amides is 1. The van der Waals surface area contributed by atoms with Crippen molar-refractivity contribution in [3.8, 4) is 0 Å². The summed E-state index contributed by atoms with van der Waals surface area (Å²) in [6, 6.07) is 11.2. The Bertz CT molecular complexity index is 685. The van der Waals surface area contributed by atoms with Gasteiger partial charge in [0.05, 0.1) is 0 Å². The Morgan fingerprint density at radius 3 is 2.50 bits per heavy atom. The number of aliphatic carboxylic acids is 1. The van der Waals surface area contributed by atoms with Gasteiger partial charge in [0.15, 0.2) is 0 Å². The van der Waals surface area contributed by atoms with Gasteiger partial charge in [0, 0.05) is 31.4 Å². The van der Waals surface area contributed by atoms with E-state index in [1.807, 2.05) is 36.4 Å². The van der Waals surface area contributed by atoms with Crippen LogP contribution in [-0.2, 0) is 22.6 Å². The average molecular weight is 347 g/mol. The number of carboxylic acid groups (broad SMARTS) is 1. The number of carbonyl (C=O) groups is 2. The Morgan fingerprint density at radius 1 is 1.12 bits per heavy atom. The molecule has 0 saturated heterocycles. The largest absolute Gasteiger partial charge is 0.481 e. The zero-order valence-electron chi connectivity index (χ0n) is 13.0. The monoisotopic (exact) mass is 346 g/mol. The maximum Gasteiger partial charge on any atom is 0.303 e. The van der Waals surface area contributed by atoms with Crippen LogP contribution in [0.2, 0.25) is 0 Å². The van der Waals surface area contributed by atoms with Crippen LogP contribution in [0.5, 0.6) is 0 Å². The number of hydrogen-bond acceptors (Lipinski definition) is 3. The highest BCUT2D eigenvalue weighted by Gasteiger charge is 1.99. The predicted molar refractivity (Wildman–Crippen MR) is 94.8 cm³/mol. The fraction of sp³-hybridized carbons (Fsp3) is 0.167. The van der Waals surface area contributed by atoms with E-state index in [1.54, 1.807) is 18.5 Å². The van der Waals surface area contributed by atoms with E-state index in [0.717, 1.165) is 16.7 Å². The molecule has 6 heteroatoms. The van der Waals surface area contributed by atoms with Gasteiger partial charge in [-0.25, -0.2) is 0 Å². The van der Waals surface area contributed by atoms with Gasteiger partial charge >= 0.3 is 5.97 Å². The minimum absolute atomic E-state index is 0. The highest BCUT2D eigenvalue weighted by Crippen LogP contribution is 2.08. The molecule has 0 bridgehead atoms. The summed E-state index contributed by atoms with van der Waals surface area (Å²) >= 11 is 0. The van der Waals surface area contributed by atoms with Crippen molar-refractivity contribution >= 4 is 30.4 Å². The SMILES string of the molecule is Cl.O=C(O)CCc1ccc(/C=C/C(=O)NCc2cccnc2)cc1. The third kappa shape index (κ3) is 7.07. The topological polar surface area (TPSA) is 79.3 Å². The summed E-state index contributed by atoms with van der Waals surface area (Å²) in [5, 5.41) is 11.4. The molecule has 1 aromatic carbocycles. The van der Waals surface area contributed by atoms with E-state index in [2.05, 4.69) is 10.3 Å². The molecule has 0 aliphatic carbocycles. The molecule has 0 fully saturated rings. The average Bonchev–Trinajstić information content (AvgIpc) is 2.58. The van der Waals surface area contributed by atoms with Crippen LogP contribution in [0.4, 0.5) is 0 Å². The van der Waals surface area contributed by atoms with Crippen LogP contribution in [0.15, 0.2) is 54.9 Å². The van der Waals surface area contributed by atoms with Gasteiger partial charge < -0.3 is 10.4 Å². The number of rotatable bonds is 7. The molecule has 0 saturated carbocycles. The van der Waals surface area contributed by atoms with Crippen LogP contribution in [0, 0.1) is 0 Å². The third-order valence-electron chi connectivity index (χ3n) is 3.22. The molecular weight excluding hydrogens is 328 g/mol. The second-order valence-electron chi connectivity index (χ2n) is 5.05. The first-order valence-electron chi connectivity index (χ1n) is 7.29.